The lowest BCUT2D eigenvalue weighted by molar-refractivity contribution is 0.102. The smallest absolute Gasteiger partial charge is 0.0547 e. The molecule has 1 atom stereocenters. The summed E-state index contributed by atoms with van der Waals surface area (Å²) in [5, 5.41) is 3.55. The summed E-state index contributed by atoms with van der Waals surface area (Å²) in [4.78, 5) is 2.76. The van der Waals surface area contributed by atoms with Gasteiger partial charge in [0, 0.05) is 31.2 Å². The Morgan fingerprint density at radius 2 is 2.16 bits per heavy atom. The largest absolute Gasteiger partial charge is 0.381 e. The number of hydrogen-bond donors (Lipinski definition) is 1. The van der Waals surface area contributed by atoms with E-state index in [1.807, 2.05) is 0 Å². The maximum absolute atomic E-state index is 5.72. The molecular weight excluding hydrogens is 236 g/mol. The van der Waals surface area contributed by atoms with Crippen LogP contribution in [0.4, 0.5) is 0 Å². The highest BCUT2D eigenvalue weighted by Gasteiger charge is 2.39. The van der Waals surface area contributed by atoms with Crippen molar-refractivity contribution in [3.05, 3.63) is 0 Å². The fraction of sp³-hybridized carbons (Fsp3) is 1.00. The monoisotopic (exact) mass is 268 g/mol. The molecule has 0 radical (unpaired) electrons. The summed E-state index contributed by atoms with van der Waals surface area (Å²) in [7, 11) is 0. The van der Waals surface area contributed by atoms with Crippen LogP contribution in [-0.4, -0.2) is 50.3 Å². The van der Waals surface area contributed by atoms with Gasteiger partial charge in [0.05, 0.1) is 6.61 Å². The Morgan fingerprint density at radius 1 is 1.37 bits per heavy atom. The van der Waals surface area contributed by atoms with E-state index in [2.05, 4.69) is 31.0 Å². The Kier molecular flexibility index (Phi) is 5.67. The third kappa shape index (κ3) is 4.73. The average Bonchev–Trinajstić information content (AvgIpc) is 3.13. The molecule has 1 aliphatic carbocycles. The third-order valence-electron chi connectivity index (χ3n) is 4.53. The second-order valence-corrected chi connectivity index (χ2v) is 6.97. The minimum absolute atomic E-state index is 0.371. The van der Waals surface area contributed by atoms with Gasteiger partial charge in [-0.05, 0) is 44.7 Å². The van der Waals surface area contributed by atoms with Crippen molar-refractivity contribution in [2.45, 2.75) is 52.5 Å². The molecule has 1 unspecified atom stereocenters. The summed E-state index contributed by atoms with van der Waals surface area (Å²) in [6, 6.07) is 0.873. The Bertz CT molecular complexity index is 257. The van der Waals surface area contributed by atoms with E-state index in [-0.39, 0.29) is 0 Å². The number of hydrogen-bond acceptors (Lipinski definition) is 3. The second kappa shape index (κ2) is 7.05. The summed E-state index contributed by atoms with van der Waals surface area (Å²) >= 11 is 0. The van der Waals surface area contributed by atoms with E-state index in [1.165, 1.54) is 38.8 Å². The normalized spacial score (nSPS) is 27.6. The molecule has 2 rings (SSSR count). The van der Waals surface area contributed by atoms with Crippen molar-refractivity contribution in [3.63, 3.8) is 0 Å². The lowest BCUT2D eigenvalue weighted by Crippen LogP contribution is -2.46. The maximum Gasteiger partial charge on any atom is 0.0547 e. The molecule has 0 aromatic heterocycles. The second-order valence-electron chi connectivity index (χ2n) is 6.97. The molecule has 1 aliphatic heterocycles. The first-order chi connectivity index (χ1) is 9.15. The van der Waals surface area contributed by atoms with Crippen LogP contribution in [0, 0.1) is 11.3 Å². The van der Waals surface area contributed by atoms with Gasteiger partial charge in [-0.3, -0.25) is 4.90 Å². The van der Waals surface area contributed by atoms with Crippen LogP contribution < -0.4 is 5.32 Å². The van der Waals surface area contributed by atoms with E-state index in [0.717, 1.165) is 38.3 Å². The standard InChI is InChI=1S/C16H32N2O/c1-4-17-11-16(8-10-19-13-16)12-18(15-5-6-15)9-7-14(2)3/h14-15,17H,4-13H2,1-3H3. The van der Waals surface area contributed by atoms with Crippen molar-refractivity contribution >= 4 is 0 Å². The van der Waals surface area contributed by atoms with Crippen LogP contribution in [-0.2, 0) is 4.74 Å². The SMILES string of the molecule is CCNCC1(CN(CCC(C)C)C2CC2)CCOC1. The molecule has 1 heterocycles. The molecule has 0 spiro atoms. The van der Waals surface area contributed by atoms with Gasteiger partial charge in [-0.15, -0.1) is 0 Å². The van der Waals surface area contributed by atoms with Gasteiger partial charge in [-0.25, -0.2) is 0 Å². The Balaban J connectivity index is 1.88. The van der Waals surface area contributed by atoms with E-state index in [4.69, 9.17) is 4.74 Å². The number of nitrogens with zero attached hydrogens (tertiary/aromatic N) is 1. The van der Waals surface area contributed by atoms with Crippen molar-refractivity contribution in [2.75, 3.05) is 39.4 Å². The molecule has 0 bridgehead atoms. The predicted octanol–water partition coefficient (Wildman–Crippen LogP) is 2.51. The van der Waals surface area contributed by atoms with Gasteiger partial charge >= 0.3 is 0 Å². The van der Waals surface area contributed by atoms with Crippen LogP contribution in [0.5, 0.6) is 0 Å². The zero-order chi connectivity index (χ0) is 13.7. The molecule has 19 heavy (non-hydrogen) atoms. The molecule has 3 heteroatoms. The van der Waals surface area contributed by atoms with Gasteiger partial charge in [-0.2, -0.15) is 0 Å². The zero-order valence-electron chi connectivity index (χ0n) is 13.1. The van der Waals surface area contributed by atoms with Crippen molar-refractivity contribution < 1.29 is 4.74 Å². The van der Waals surface area contributed by atoms with E-state index in [9.17, 15) is 0 Å². The van der Waals surface area contributed by atoms with Crippen molar-refractivity contribution in [1.82, 2.24) is 10.2 Å². The van der Waals surface area contributed by atoms with Gasteiger partial charge in [0.2, 0.25) is 0 Å². The van der Waals surface area contributed by atoms with Gasteiger partial charge < -0.3 is 10.1 Å². The molecule has 3 nitrogen and oxygen atoms in total. The fourth-order valence-electron chi connectivity index (χ4n) is 3.04. The van der Waals surface area contributed by atoms with Crippen molar-refractivity contribution in [2.24, 2.45) is 11.3 Å². The number of ether oxygens (including phenoxy) is 1. The Labute approximate surface area is 119 Å². The van der Waals surface area contributed by atoms with Crippen LogP contribution in [0.25, 0.3) is 0 Å². The third-order valence-corrected chi connectivity index (χ3v) is 4.53. The minimum atomic E-state index is 0.371. The van der Waals surface area contributed by atoms with Gasteiger partial charge in [0.25, 0.3) is 0 Å². The van der Waals surface area contributed by atoms with E-state index in [1.54, 1.807) is 0 Å². The molecule has 2 aliphatic rings. The summed E-state index contributed by atoms with van der Waals surface area (Å²) < 4.78 is 5.72. The highest BCUT2D eigenvalue weighted by atomic mass is 16.5. The minimum Gasteiger partial charge on any atom is -0.381 e. The summed E-state index contributed by atoms with van der Waals surface area (Å²) in [6.45, 7) is 13.5. The summed E-state index contributed by atoms with van der Waals surface area (Å²) in [6.07, 6.45) is 5.38. The highest BCUT2D eigenvalue weighted by molar-refractivity contribution is 4.93. The van der Waals surface area contributed by atoms with Crippen molar-refractivity contribution in [3.8, 4) is 0 Å². The number of rotatable bonds is 9. The van der Waals surface area contributed by atoms with Crippen LogP contribution in [0.1, 0.15) is 46.5 Å². The average molecular weight is 268 g/mol. The molecule has 1 saturated carbocycles. The van der Waals surface area contributed by atoms with E-state index < -0.39 is 0 Å². The van der Waals surface area contributed by atoms with Gasteiger partial charge in [0.1, 0.15) is 0 Å². The lowest BCUT2D eigenvalue weighted by Gasteiger charge is -2.35. The fourth-order valence-corrected chi connectivity index (χ4v) is 3.04. The van der Waals surface area contributed by atoms with Gasteiger partial charge in [0.15, 0.2) is 0 Å². The van der Waals surface area contributed by atoms with E-state index >= 15 is 0 Å². The molecule has 1 N–H and O–H groups in total. The first-order valence-electron chi connectivity index (χ1n) is 8.18. The molecule has 112 valence electrons. The summed E-state index contributed by atoms with van der Waals surface area (Å²) in [5.41, 5.74) is 0.371. The molecule has 0 aromatic rings. The Morgan fingerprint density at radius 3 is 2.68 bits per heavy atom. The van der Waals surface area contributed by atoms with Gasteiger partial charge in [-0.1, -0.05) is 20.8 Å². The highest BCUT2D eigenvalue weighted by Crippen LogP contribution is 2.34. The Hall–Kier alpha value is -0.120. The molecule has 1 saturated heterocycles. The zero-order valence-corrected chi connectivity index (χ0v) is 13.1. The van der Waals surface area contributed by atoms with Crippen LogP contribution in [0.2, 0.25) is 0 Å². The van der Waals surface area contributed by atoms with Crippen LogP contribution in [0.15, 0.2) is 0 Å². The lowest BCUT2D eigenvalue weighted by atomic mass is 9.86. The maximum atomic E-state index is 5.72. The molecule has 2 fully saturated rings. The first-order valence-corrected chi connectivity index (χ1v) is 8.18. The van der Waals surface area contributed by atoms with Crippen LogP contribution >= 0.6 is 0 Å². The van der Waals surface area contributed by atoms with Crippen molar-refractivity contribution in [1.29, 1.82) is 0 Å². The number of nitrogens with one attached hydrogen (secondary N) is 1. The predicted molar refractivity (Wildman–Crippen MR) is 80.5 cm³/mol. The molecular formula is C16H32N2O. The summed E-state index contributed by atoms with van der Waals surface area (Å²) in [5.74, 6) is 0.811. The molecule has 0 amide bonds. The first kappa shape index (κ1) is 15.3. The van der Waals surface area contributed by atoms with Crippen LogP contribution in [0.3, 0.4) is 0 Å². The molecule has 0 aromatic carbocycles. The quantitative estimate of drug-likeness (QED) is 0.695. The topological polar surface area (TPSA) is 24.5 Å². The van der Waals surface area contributed by atoms with E-state index in [0.29, 0.717) is 5.41 Å².